The number of aromatic nitrogens is 1. The van der Waals surface area contributed by atoms with E-state index in [4.69, 9.17) is 5.73 Å². The van der Waals surface area contributed by atoms with Crippen LogP contribution in [0.2, 0.25) is 0 Å². The van der Waals surface area contributed by atoms with Gasteiger partial charge < -0.3 is 20.9 Å². The Morgan fingerprint density at radius 3 is 3.00 bits per heavy atom. The van der Waals surface area contributed by atoms with Crippen molar-refractivity contribution in [2.45, 2.75) is 18.6 Å². The number of piperidine rings is 1. The Balaban J connectivity index is 2.21. The van der Waals surface area contributed by atoms with Crippen molar-refractivity contribution >= 4 is 11.6 Å². The number of likely N-dealkylation sites (tertiary alicyclic amines) is 1. The van der Waals surface area contributed by atoms with E-state index in [-0.39, 0.29) is 16.8 Å². The van der Waals surface area contributed by atoms with Crippen LogP contribution in [0.5, 0.6) is 0 Å². The van der Waals surface area contributed by atoms with Crippen molar-refractivity contribution in [3.8, 4) is 0 Å². The minimum Gasteiger partial charge on any atom is -0.378 e. The lowest BCUT2D eigenvalue weighted by Gasteiger charge is -2.33. The van der Waals surface area contributed by atoms with Crippen LogP contribution in [0.4, 0.5) is 10.1 Å². The second kappa shape index (κ2) is 5.40. The summed E-state index contributed by atoms with van der Waals surface area (Å²) in [6.45, 7) is 1.08. The molecule has 0 spiro atoms. The van der Waals surface area contributed by atoms with Crippen LogP contribution in [0.25, 0.3) is 0 Å². The number of primary amides is 1. The van der Waals surface area contributed by atoms with Crippen LogP contribution in [0.1, 0.15) is 16.8 Å². The highest BCUT2D eigenvalue weighted by molar-refractivity contribution is 5.98. The molecule has 19 heavy (non-hydrogen) atoms. The number of hydrogen-bond donors (Lipinski definition) is 3. The number of nitrogens with zero attached hydrogens (tertiary/aromatic N) is 1. The van der Waals surface area contributed by atoms with E-state index in [9.17, 15) is 14.0 Å². The topological polar surface area (TPSA) is 91.2 Å². The van der Waals surface area contributed by atoms with Crippen LogP contribution in [0, 0.1) is 0 Å². The zero-order valence-corrected chi connectivity index (χ0v) is 10.6. The quantitative estimate of drug-likeness (QED) is 0.715. The molecule has 2 atom stereocenters. The number of H-pyrrole nitrogens is 1. The minimum atomic E-state index is -1.06. The lowest BCUT2D eigenvalue weighted by Crippen LogP contribution is -2.46. The molecule has 0 aromatic carbocycles. The number of halogens is 1. The maximum absolute atomic E-state index is 13.9. The number of rotatable bonds is 3. The van der Waals surface area contributed by atoms with E-state index >= 15 is 0 Å². The smallest absolute Gasteiger partial charge is 0.252 e. The van der Waals surface area contributed by atoms with Crippen LogP contribution in [-0.4, -0.2) is 48.1 Å². The first-order valence-electron chi connectivity index (χ1n) is 6.09. The van der Waals surface area contributed by atoms with Crippen molar-refractivity contribution < 1.29 is 9.18 Å². The molecular formula is C12H17FN4O2. The Hall–Kier alpha value is -1.89. The molecule has 7 heteroatoms. The molecule has 0 unspecified atom stereocenters. The molecule has 0 radical (unpaired) electrons. The molecular weight excluding hydrogens is 251 g/mol. The maximum atomic E-state index is 13.9. The third-order valence-corrected chi connectivity index (χ3v) is 3.28. The Morgan fingerprint density at radius 2 is 2.37 bits per heavy atom. The number of carbonyl (C=O) groups is 1. The van der Waals surface area contributed by atoms with Gasteiger partial charge in [-0.25, -0.2) is 4.39 Å². The standard InChI is InChI=1S/C12H17FN4O2/c1-17-3-2-9(8(13)6-17)16-10-4-11(18)15-5-7(10)12(14)19/h4-5,8-9H,2-3,6H2,1H3,(H2,14,19)(H2,15,16,18)/t8-,9+/m0/s1. The molecule has 4 N–H and O–H groups in total. The summed E-state index contributed by atoms with van der Waals surface area (Å²) in [5, 5.41) is 2.92. The van der Waals surface area contributed by atoms with Gasteiger partial charge in [0.2, 0.25) is 5.56 Å². The molecule has 0 saturated carbocycles. The zero-order valence-electron chi connectivity index (χ0n) is 10.6. The Morgan fingerprint density at radius 1 is 1.63 bits per heavy atom. The number of alkyl halides is 1. The van der Waals surface area contributed by atoms with Gasteiger partial charge in [0.15, 0.2) is 0 Å². The molecule has 1 amide bonds. The number of carbonyl (C=O) groups excluding carboxylic acids is 1. The highest BCUT2D eigenvalue weighted by Crippen LogP contribution is 2.19. The van der Waals surface area contributed by atoms with Crippen LogP contribution in [-0.2, 0) is 0 Å². The van der Waals surface area contributed by atoms with Crippen molar-refractivity contribution in [3.63, 3.8) is 0 Å². The molecule has 6 nitrogen and oxygen atoms in total. The molecule has 1 aliphatic heterocycles. The SMILES string of the molecule is CN1CC[C@@H](Nc2cc(=O)[nH]cc2C(N)=O)[C@@H](F)C1. The van der Waals surface area contributed by atoms with E-state index in [1.54, 1.807) is 0 Å². The summed E-state index contributed by atoms with van der Waals surface area (Å²) < 4.78 is 13.9. The predicted octanol–water partition coefficient (Wildman–Crippen LogP) is -0.0721. The molecule has 2 heterocycles. The summed E-state index contributed by atoms with van der Waals surface area (Å²) in [5.41, 5.74) is 5.30. The molecule has 104 valence electrons. The molecule has 1 fully saturated rings. The molecule has 1 aromatic rings. The molecule has 1 aromatic heterocycles. The van der Waals surface area contributed by atoms with Crippen molar-refractivity contribution in [2.24, 2.45) is 5.73 Å². The van der Waals surface area contributed by atoms with Crippen LogP contribution in [0.3, 0.4) is 0 Å². The van der Waals surface area contributed by atoms with Gasteiger partial charge in [0.05, 0.1) is 17.3 Å². The normalized spacial score (nSPS) is 24.1. The highest BCUT2D eigenvalue weighted by atomic mass is 19.1. The monoisotopic (exact) mass is 268 g/mol. The lowest BCUT2D eigenvalue weighted by molar-refractivity contribution is 0.1000. The zero-order chi connectivity index (χ0) is 14.0. The number of pyridine rings is 1. The molecule has 1 saturated heterocycles. The van der Waals surface area contributed by atoms with E-state index in [1.165, 1.54) is 12.3 Å². The fraction of sp³-hybridized carbons (Fsp3) is 0.500. The fourth-order valence-corrected chi connectivity index (χ4v) is 2.21. The maximum Gasteiger partial charge on any atom is 0.252 e. The average molecular weight is 268 g/mol. The van der Waals surface area contributed by atoms with Crippen molar-refractivity contribution in [1.82, 2.24) is 9.88 Å². The van der Waals surface area contributed by atoms with E-state index in [0.717, 1.165) is 6.54 Å². The number of nitrogens with one attached hydrogen (secondary N) is 2. The summed E-state index contributed by atoms with van der Waals surface area (Å²) in [5.74, 6) is -0.665. The number of nitrogens with two attached hydrogens (primary N) is 1. The number of hydrogen-bond acceptors (Lipinski definition) is 4. The van der Waals surface area contributed by atoms with Gasteiger partial charge in [0, 0.05) is 25.4 Å². The first-order chi connectivity index (χ1) is 8.97. The second-order valence-corrected chi connectivity index (χ2v) is 4.81. The molecule has 0 aliphatic carbocycles. The van der Waals surface area contributed by atoms with E-state index in [2.05, 4.69) is 10.3 Å². The van der Waals surface area contributed by atoms with Gasteiger partial charge >= 0.3 is 0 Å². The second-order valence-electron chi connectivity index (χ2n) is 4.81. The summed E-state index contributed by atoms with van der Waals surface area (Å²) in [4.78, 5) is 26.8. The Kier molecular flexibility index (Phi) is 3.84. The van der Waals surface area contributed by atoms with Gasteiger partial charge in [0.1, 0.15) is 6.17 Å². The summed E-state index contributed by atoms with van der Waals surface area (Å²) in [7, 11) is 1.85. The van der Waals surface area contributed by atoms with Gasteiger partial charge in [-0.05, 0) is 13.5 Å². The largest absolute Gasteiger partial charge is 0.378 e. The van der Waals surface area contributed by atoms with Crippen LogP contribution in [0.15, 0.2) is 17.1 Å². The van der Waals surface area contributed by atoms with Crippen molar-refractivity contribution in [2.75, 3.05) is 25.5 Å². The summed E-state index contributed by atoms with van der Waals surface area (Å²) in [6, 6.07) is 0.807. The molecule has 2 rings (SSSR count). The van der Waals surface area contributed by atoms with Crippen molar-refractivity contribution in [1.29, 1.82) is 0 Å². The number of amides is 1. The number of aromatic amines is 1. The van der Waals surface area contributed by atoms with Gasteiger partial charge in [-0.1, -0.05) is 0 Å². The van der Waals surface area contributed by atoms with E-state index in [0.29, 0.717) is 13.0 Å². The predicted molar refractivity (Wildman–Crippen MR) is 70.0 cm³/mol. The molecule has 1 aliphatic rings. The first kappa shape index (κ1) is 13.5. The summed E-state index contributed by atoms with van der Waals surface area (Å²) >= 11 is 0. The Bertz CT molecular complexity index is 531. The van der Waals surface area contributed by atoms with Crippen LogP contribution < -0.4 is 16.6 Å². The van der Waals surface area contributed by atoms with Crippen molar-refractivity contribution in [3.05, 3.63) is 28.2 Å². The molecule has 0 bridgehead atoms. The van der Waals surface area contributed by atoms with Gasteiger partial charge in [-0.15, -0.1) is 0 Å². The lowest BCUT2D eigenvalue weighted by atomic mass is 10.0. The third kappa shape index (κ3) is 3.11. The first-order valence-corrected chi connectivity index (χ1v) is 6.09. The van der Waals surface area contributed by atoms with E-state index in [1.807, 2.05) is 11.9 Å². The highest BCUT2D eigenvalue weighted by Gasteiger charge is 2.28. The minimum absolute atomic E-state index is 0.158. The van der Waals surface area contributed by atoms with Gasteiger partial charge in [-0.3, -0.25) is 9.59 Å². The van der Waals surface area contributed by atoms with Gasteiger partial charge in [-0.2, -0.15) is 0 Å². The van der Waals surface area contributed by atoms with Gasteiger partial charge in [0.25, 0.3) is 5.91 Å². The Labute approximate surface area is 109 Å². The number of anilines is 1. The fourth-order valence-electron chi connectivity index (χ4n) is 2.21. The van der Waals surface area contributed by atoms with Crippen LogP contribution >= 0.6 is 0 Å². The average Bonchev–Trinajstić information content (AvgIpc) is 2.32. The van der Waals surface area contributed by atoms with E-state index < -0.39 is 18.1 Å². The third-order valence-electron chi connectivity index (χ3n) is 3.28. The summed E-state index contributed by atoms with van der Waals surface area (Å²) in [6.07, 6.45) is 0.788.